The number of carboxylic acids is 1. The molecule has 0 heterocycles. The van der Waals surface area contributed by atoms with Crippen molar-refractivity contribution in [3.05, 3.63) is 59.7 Å². The molecule has 35 heavy (non-hydrogen) atoms. The van der Waals surface area contributed by atoms with Gasteiger partial charge in [-0.05, 0) is 46.9 Å². The lowest BCUT2D eigenvalue weighted by Crippen LogP contribution is -2.54. The molecule has 3 N–H and O–H groups in total. The fraction of sp³-hybridized carbons (Fsp3) is 0.464. The van der Waals surface area contributed by atoms with Gasteiger partial charge < -0.3 is 20.5 Å². The number of hydrogen-bond acceptors (Lipinski definition) is 4. The van der Waals surface area contributed by atoms with Crippen LogP contribution in [0.5, 0.6) is 0 Å². The van der Waals surface area contributed by atoms with E-state index in [-0.39, 0.29) is 42.7 Å². The van der Waals surface area contributed by atoms with Crippen molar-refractivity contribution in [3.8, 4) is 11.1 Å². The van der Waals surface area contributed by atoms with Gasteiger partial charge in [0.25, 0.3) is 0 Å². The van der Waals surface area contributed by atoms with Crippen LogP contribution >= 0.6 is 0 Å². The zero-order chi connectivity index (χ0) is 24.9. The van der Waals surface area contributed by atoms with Crippen molar-refractivity contribution in [1.29, 1.82) is 0 Å². The average molecular weight is 479 g/mol. The summed E-state index contributed by atoms with van der Waals surface area (Å²) >= 11 is 0. The molecular weight excluding hydrogens is 444 g/mol. The van der Waals surface area contributed by atoms with E-state index in [0.717, 1.165) is 47.9 Å². The summed E-state index contributed by atoms with van der Waals surface area (Å²) < 4.78 is 5.63. The summed E-state index contributed by atoms with van der Waals surface area (Å²) in [6.45, 7) is 3.91. The quantitative estimate of drug-likeness (QED) is 0.510. The third-order valence-electron chi connectivity index (χ3n) is 7.24. The number of alkyl carbamates (subject to hydrolysis) is 1. The molecule has 0 bridgehead atoms. The van der Waals surface area contributed by atoms with Crippen LogP contribution in [0.2, 0.25) is 0 Å². The van der Waals surface area contributed by atoms with E-state index in [2.05, 4.69) is 34.9 Å². The Kier molecular flexibility index (Phi) is 7.73. The number of rotatable bonds is 8. The van der Waals surface area contributed by atoms with Crippen LogP contribution in [-0.4, -0.2) is 41.8 Å². The van der Waals surface area contributed by atoms with Crippen molar-refractivity contribution in [2.24, 2.45) is 11.8 Å². The number of fused-ring (bicyclic) bond motifs is 3. The SMILES string of the molecule is CC(C)[C@@H](NC(=O)OCC1c2ccccc2-c2ccccc21)C(=O)N[C@H]1CCCC[C@H]1CC(=O)O. The highest BCUT2D eigenvalue weighted by atomic mass is 16.5. The Hall–Kier alpha value is -3.35. The predicted molar refractivity (Wildman–Crippen MR) is 133 cm³/mol. The Bertz CT molecular complexity index is 1040. The smallest absolute Gasteiger partial charge is 0.407 e. The number of amides is 2. The van der Waals surface area contributed by atoms with Crippen LogP contribution in [0.15, 0.2) is 48.5 Å². The van der Waals surface area contributed by atoms with Crippen molar-refractivity contribution < 1.29 is 24.2 Å². The number of carbonyl (C=O) groups excluding carboxylic acids is 2. The Morgan fingerprint density at radius 1 is 0.971 bits per heavy atom. The first-order chi connectivity index (χ1) is 16.8. The van der Waals surface area contributed by atoms with Gasteiger partial charge in [0.2, 0.25) is 5.91 Å². The molecule has 0 radical (unpaired) electrons. The fourth-order valence-corrected chi connectivity index (χ4v) is 5.44. The van der Waals surface area contributed by atoms with Gasteiger partial charge in [0, 0.05) is 12.0 Å². The molecule has 186 valence electrons. The standard InChI is InChI=1S/C28H34N2O5/c1-17(2)26(27(33)29-24-14-8-3-9-18(24)15-25(31)32)30-28(34)35-16-23-21-12-6-4-10-19(21)20-11-5-7-13-22(20)23/h4-7,10-13,17-18,23-24,26H,3,8-9,14-16H2,1-2H3,(H,29,33)(H,30,34)(H,31,32)/t18-,24-,26+/m0/s1. The molecular formula is C28H34N2O5. The van der Waals surface area contributed by atoms with Crippen LogP contribution in [0.25, 0.3) is 11.1 Å². The van der Waals surface area contributed by atoms with Gasteiger partial charge in [-0.3, -0.25) is 9.59 Å². The Balaban J connectivity index is 1.38. The largest absolute Gasteiger partial charge is 0.481 e. The molecule has 0 aromatic heterocycles. The van der Waals surface area contributed by atoms with Gasteiger partial charge in [0.15, 0.2) is 0 Å². The van der Waals surface area contributed by atoms with Crippen molar-refractivity contribution in [2.45, 2.75) is 64.0 Å². The molecule has 1 saturated carbocycles. The van der Waals surface area contributed by atoms with Crippen molar-refractivity contribution >= 4 is 18.0 Å². The highest BCUT2D eigenvalue weighted by Gasteiger charge is 2.33. The number of benzene rings is 2. The number of nitrogens with one attached hydrogen (secondary N) is 2. The lowest BCUT2D eigenvalue weighted by molar-refractivity contribution is -0.139. The number of carboxylic acid groups (broad SMARTS) is 1. The molecule has 2 aromatic rings. The zero-order valence-corrected chi connectivity index (χ0v) is 20.3. The molecule has 0 spiro atoms. The molecule has 2 aromatic carbocycles. The fourth-order valence-electron chi connectivity index (χ4n) is 5.44. The number of hydrogen-bond donors (Lipinski definition) is 3. The highest BCUT2D eigenvalue weighted by Crippen LogP contribution is 2.44. The van der Waals surface area contributed by atoms with Crippen molar-refractivity contribution in [2.75, 3.05) is 6.61 Å². The van der Waals surface area contributed by atoms with E-state index in [1.165, 1.54) is 0 Å². The second-order valence-corrected chi connectivity index (χ2v) is 9.95. The third kappa shape index (κ3) is 5.66. The molecule has 2 aliphatic carbocycles. The van der Waals surface area contributed by atoms with Gasteiger partial charge in [-0.25, -0.2) is 4.79 Å². The average Bonchev–Trinajstić information content (AvgIpc) is 3.15. The molecule has 7 nitrogen and oxygen atoms in total. The number of ether oxygens (including phenoxy) is 1. The van der Waals surface area contributed by atoms with Gasteiger partial charge in [0.1, 0.15) is 12.6 Å². The van der Waals surface area contributed by atoms with E-state index in [0.29, 0.717) is 0 Å². The summed E-state index contributed by atoms with van der Waals surface area (Å²) in [6.07, 6.45) is 2.86. The maximum absolute atomic E-state index is 13.1. The zero-order valence-electron chi connectivity index (χ0n) is 20.3. The summed E-state index contributed by atoms with van der Waals surface area (Å²) in [7, 11) is 0. The Labute approximate surface area is 206 Å². The Morgan fingerprint density at radius 3 is 2.17 bits per heavy atom. The first kappa shape index (κ1) is 24.8. The second kappa shape index (κ2) is 10.9. The molecule has 0 saturated heterocycles. The molecule has 4 rings (SSSR count). The van der Waals surface area contributed by atoms with Crippen LogP contribution in [0.1, 0.15) is 63.0 Å². The normalized spacial score (nSPS) is 20.0. The van der Waals surface area contributed by atoms with Gasteiger partial charge in [-0.1, -0.05) is 75.2 Å². The molecule has 1 fully saturated rings. The monoisotopic (exact) mass is 478 g/mol. The first-order valence-electron chi connectivity index (χ1n) is 12.5. The van der Waals surface area contributed by atoms with E-state index >= 15 is 0 Å². The number of carbonyl (C=O) groups is 3. The number of aliphatic carboxylic acids is 1. The third-order valence-corrected chi connectivity index (χ3v) is 7.24. The van der Waals surface area contributed by atoms with Crippen LogP contribution in [0, 0.1) is 11.8 Å². The van der Waals surface area contributed by atoms with Crippen LogP contribution in [0.4, 0.5) is 4.79 Å². The summed E-state index contributed by atoms with van der Waals surface area (Å²) in [5, 5.41) is 15.0. The van der Waals surface area contributed by atoms with Gasteiger partial charge in [-0.2, -0.15) is 0 Å². The minimum Gasteiger partial charge on any atom is -0.481 e. The minimum atomic E-state index is -0.853. The molecule has 2 amide bonds. The lowest BCUT2D eigenvalue weighted by atomic mass is 9.82. The van der Waals surface area contributed by atoms with Gasteiger partial charge >= 0.3 is 12.1 Å². The minimum absolute atomic E-state index is 0.0388. The van der Waals surface area contributed by atoms with E-state index < -0.39 is 18.1 Å². The predicted octanol–water partition coefficient (Wildman–Crippen LogP) is 4.70. The van der Waals surface area contributed by atoms with Gasteiger partial charge in [0.05, 0.1) is 6.42 Å². The van der Waals surface area contributed by atoms with E-state index in [9.17, 15) is 19.5 Å². The molecule has 0 aliphatic heterocycles. The van der Waals surface area contributed by atoms with Crippen LogP contribution in [0.3, 0.4) is 0 Å². The lowest BCUT2D eigenvalue weighted by Gasteiger charge is -2.33. The van der Waals surface area contributed by atoms with E-state index in [1.54, 1.807) is 0 Å². The molecule has 3 atom stereocenters. The summed E-state index contributed by atoms with van der Waals surface area (Å²) in [6, 6.07) is 15.3. The Morgan fingerprint density at radius 2 is 1.57 bits per heavy atom. The van der Waals surface area contributed by atoms with Crippen LogP contribution < -0.4 is 10.6 Å². The van der Waals surface area contributed by atoms with E-state index in [4.69, 9.17) is 4.74 Å². The summed E-state index contributed by atoms with van der Waals surface area (Å²) in [5.41, 5.74) is 4.56. The molecule has 0 unspecified atom stereocenters. The van der Waals surface area contributed by atoms with Crippen molar-refractivity contribution in [1.82, 2.24) is 10.6 Å². The van der Waals surface area contributed by atoms with Crippen molar-refractivity contribution in [3.63, 3.8) is 0 Å². The molecule has 7 heteroatoms. The highest BCUT2D eigenvalue weighted by molar-refractivity contribution is 5.86. The van der Waals surface area contributed by atoms with Crippen LogP contribution in [-0.2, 0) is 14.3 Å². The summed E-state index contributed by atoms with van der Waals surface area (Å²) in [5.74, 6) is -1.45. The maximum Gasteiger partial charge on any atom is 0.407 e. The molecule has 2 aliphatic rings. The summed E-state index contributed by atoms with van der Waals surface area (Å²) in [4.78, 5) is 37.1. The second-order valence-electron chi connectivity index (χ2n) is 9.95. The first-order valence-corrected chi connectivity index (χ1v) is 12.5. The topological polar surface area (TPSA) is 105 Å². The van der Waals surface area contributed by atoms with Gasteiger partial charge in [-0.15, -0.1) is 0 Å². The van der Waals surface area contributed by atoms with E-state index in [1.807, 2.05) is 38.1 Å². The maximum atomic E-state index is 13.1.